The molecule has 0 spiro atoms. The second-order valence-electron chi connectivity index (χ2n) is 4.56. The van der Waals surface area contributed by atoms with E-state index < -0.39 is 0 Å². The summed E-state index contributed by atoms with van der Waals surface area (Å²) in [6, 6.07) is 0. The van der Waals surface area contributed by atoms with Crippen molar-refractivity contribution in [3.63, 3.8) is 0 Å². The van der Waals surface area contributed by atoms with E-state index in [9.17, 15) is 0 Å². The average Bonchev–Trinajstić information content (AvgIpc) is 2.42. The van der Waals surface area contributed by atoms with Crippen molar-refractivity contribution < 1.29 is 0 Å². The molecular formula is C11H16. The molecule has 0 aromatic rings. The molecule has 0 heterocycles. The van der Waals surface area contributed by atoms with Gasteiger partial charge in [-0.2, -0.15) is 0 Å². The Labute approximate surface area is 68.7 Å². The van der Waals surface area contributed by atoms with Crippen LogP contribution in [-0.2, 0) is 0 Å². The fraction of sp³-hybridized carbons (Fsp3) is 0.818. The first kappa shape index (κ1) is 6.28. The Morgan fingerprint density at radius 3 is 2.45 bits per heavy atom. The zero-order valence-electron chi connectivity index (χ0n) is 7.10. The smallest absolute Gasteiger partial charge is 0.0198 e. The Balaban J connectivity index is 1.90. The molecule has 3 fully saturated rings. The van der Waals surface area contributed by atoms with E-state index in [1.54, 1.807) is 12.8 Å². The van der Waals surface area contributed by atoms with E-state index >= 15 is 0 Å². The molecule has 0 radical (unpaired) electrons. The van der Waals surface area contributed by atoms with Crippen molar-refractivity contribution in [1.29, 1.82) is 0 Å². The largest absolute Gasteiger partial charge is 0.0707 e. The second-order valence-corrected chi connectivity index (χ2v) is 4.56. The summed E-state index contributed by atoms with van der Waals surface area (Å²) in [6.45, 7) is 0. The van der Waals surface area contributed by atoms with E-state index in [0.717, 1.165) is 11.8 Å². The van der Waals surface area contributed by atoms with E-state index in [4.69, 9.17) is 0 Å². The lowest BCUT2D eigenvalue weighted by molar-refractivity contribution is 0.535. The summed E-state index contributed by atoms with van der Waals surface area (Å²) in [6.07, 6.45) is 10.5. The zero-order valence-corrected chi connectivity index (χ0v) is 7.10. The van der Waals surface area contributed by atoms with E-state index in [2.05, 4.69) is 0 Å². The first-order valence-electron chi connectivity index (χ1n) is 5.14. The fourth-order valence-electron chi connectivity index (χ4n) is 3.16. The van der Waals surface area contributed by atoms with E-state index in [0.29, 0.717) is 0 Å². The maximum atomic E-state index is 1.92. The molecule has 3 saturated carbocycles. The van der Waals surface area contributed by atoms with Gasteiger partial charge in [0.1, 0.15) is 0 Å². The number of hydrogen-bond acceptors (Lipinski definition) is 0. The molecule has 0 N–H and O–H groups in total. The van der Waals surface area contributed by atoms with E-state index in [-0.39, 0.29) is 0 Å². The van der Waals surface area contributed by atoms with E-state index in [1.165, 1.54) is 32.1 Å². The highest BCUT2D eigenvalue weighted by atomic mass is 14.4. The topological polar surface area (TPSA) is 0 Å². The summed E-state index contributed by atoms with van der Waals surface area (Å²) in [7, 11) is 0. The van der Waals surface area contributed by atoms with Crippen LogP contribution in [-0.4, -0.2) is 0 Å². The van der Waals surface area contributed by atoms with Crippen LogP contribution in [0.25, 0.3) is 0 Å². The van der Waals surface area contributed by atoms with Crippen LogP contribution in [0.3, 0.4) is 0 Å². The molecule has 0 amide bonds. The molecule has 3 aliphatic rings. The van der Waals surface area contributed by atoms with Crippen molar-refractivity contribution in [3.8, 4) is 0 Å². The van der Waals surface area contributed by atoms with Gasteiger partial charge in [-0.05, 0) is 56.8 Å². The predicted molar refractivity (Wildman–Crippen MR) is 46.3 cm³/mol. The van der Waals surface area contributed by atoms with Gasteiger partial charge in [0.15, 0.2) is 0 Å². The Bertz CT molecular complexity index is 206. The van der Waals surface area contributed by atoms with Gasteiger partial charge in [-0.3, -0.25) is 0 Å². The van der Waals surface area contributed by atoms with Crippen molar-refractivity contribution in [2.75, 3.05) is 0 Å². The summed E-state index contributed by atoms with van der Waals surface area (Å²) in [4.78, 5) is 0. The van der Waals surface area contributed by atoms with Crippen molar-refractivity contribution in [3.05, 3.63) is 11.1 Å². The maximum absolute atomic E-state index is 1.92. The second kappa shape index (κ2) is 2.12. The van der Waals surface area contributed by atoms with Crippen LogP contribution in [0.2, 0.25) is 0 Å². The van der Waals surface area contributed by atoms with Gasteiger partial charge in [-0.25, -0.2) is 0 Å². The maximum Gasteiger partial charge on any atom is -0.0198 e. The van der Waals surface area contributed by atoms with Gasteiger partial charge in [0.25, 0.3) is 0 Å². The van der Waals surface area contributed by atoms with Gasteiger partial charge in [-0.1, -0.05) is 11.1 Å². The van der Waals surface area contributed by atoms with Crippen LogP contribution in [0.4, 0.5) is 0 Å². The minimum Gasteiger partial charge on any atom is -0.0707 e. The summed E-state index contributed by atoms with van der Waals surface area (Å²) in [5.74, 6) is 2.18. The Morgan fingerprint density at radius 1 is 1.09 bits per heavy atom. The molecule has 0 heteroatoms. The summed E-state index contributed by atoms with van der Waals surface area (Å²) >= 11 is 0. The minimum absolute atomic E-state index is 1.07. The highest BCUT2D eigenvalue weighted by Crippen LogP contribution is 2.51. The molecule has 3 aliphatic carbocycles. The standard InChI is InChI=1S/C11H16/c1-2-9(3-1)11-7-8-4-5-10(11)6-8/h8,10H,1-7H2. The first-order chi connectivity index (χ1) is 5.43. The fourth-order valence-corrected chi connectivity index (χ4v) is 3.16. The average molecular weight is 148 g/mol. The molecule has 11 heavy (non-hydrogen) atoms. The first-order valence-corrected chi connectivity index (χ1v) is 5.14. The van der Waals surface area contributed by atoms with Gasteiger partial charge >= 0.3 is 0 Å². The molecule has 0 nitrogen and oxygen atoms in total. The molecule has 60 valence electrons. The van der Waals surface area contributed by atoms with Gasteiger partial charge in [-0.15, -0.1) is 0 Å². The molecule has 0 aliphatic heterocycles. The van der Waals surface area contributed by atoms with Crippen LogP contribution in [0.15, 0.2) is 11.1 Å². The molecule has 2 bridgehead atoms. The summed E-state index contributed by atoms with van der Waals surface area (Å²) in [5, 5.41) is 0. The minimum atomic E-state index is 1.07. The van der Waals surface area contributed by atoms with Crippen molar-refractivity contribution in [2.24, 2.45) is 11.8 Å². The van der Waals surface area contributed by atoms with Crippen molar-refractivity contribution >= 4 is 0 Å². The monoisotopic (exact) mass is 148 g/mol. The third-order valence-electron chi connectivity index (χ3n) is 3.95. The van der Waals surface area contributed by atoms with Crippen LogP contribution in [0.1, 0.15) is 44.9 Å². The Morgan fingerprint density at radius 2 is 2.00 bits per heavy atom. The lowest BCUT2D eigenvalue weighted by Gasteiger charge is -2.25. The Kier molecular flexibility index (Phi) is 1.21. The molecule has 3 rings (SSSR count). The molecule has 2 unspecified atom stereocenters. The normalized spacial score (nSPS) is 41.5. The van der Waals surface area contributed by atoms with Crippen LogP contribution in [0.5, 0.6) is 0 Å². The number of rotatable bonds is 0. The lowest BCUT2D eigenvalue weighted by atomic mass is 9.81. The van der Waals surface area contributed by atoms with E-state index in [1.807, 2.05) is 11.1 Å². The summed E-state index contributed by atoms with van der Waals surface area (Å²) < 4.78 is 0. The van der Waals surface area contributed by atoms with Gasteiger partial charge in [0, 0.05) is 0 Å². The lowest BCUT2D eigenvalue weighted by Crippen LogP contribution is -2.07. The number of allylic oxidation sites excluding steroid dienone is 2. The molecule has 0 saturated heterocycles. The highest BCUT2D eigenvalue weighted by molar-refractivity contribution is 5.27. The quantitative estimate of drug-likeness (QED) is 0.462. The van der Waals surface area contributed by atoms with Crippen molar-refractivity contribution in [2.45, 2.75) is 44.9 Å². The van der Waals surface area contributed by atoms with Gasteiger partial charge < -0.3 is 0 Å². The Hall–Kier alpha value is -0.260. The van der Waals surface area contributed by atoms with Crippen LogP contribution < -0.4 is 0 Å². The number of fused-ring (bicyclic) bond motifs is 2. The van der Waals surface area contributed by atoms with Crippen LogP contribution >= 0.6 is 0 Å². The third kappa shape index (κ3) is 0.816. The number of hydrogen-bond donors (Lipinski definition) is 0. The molecule has 2 atom stereocenters. The zero-order chi connectivity index (χ0) is 7.26. The molecule has 0 aromatic carbocycles. The van der Waals surface area contributed by atoms with Crippen molar-refractivity contribution in [1.82, 2.24) is 0 Å². The SMILES string of the molecule is C1CC(=C2CC3CCC2C3)C1. The molecular weight excluding hydrogens is 132 g/mol. The van der Waals surface area contributed by atoms with Crippen LogP contribution in [0, 0.1) is 11.8 Å². The highest BCUT2D eigenvalue weighted by Gasteiger charge is 2.37. The van der Waals surface area contributed by atoms with Gasteiger partial charge in [0.2, 0.25) is 0 Å². The predicted octanol–water partition coefficient (Wildman–Crippen LogP) is 3.29. The molecule has 0 aromatic heterocycles. The van der Waals surface area contributed by atoms with Gasteiger partial charge in [0.05, 0.1) is 0 Å². The summed E-state index contributed by atoms with van der Waals surface area (Å²) in [5.41, 5.74) is 3.80. The third-order valence-corrected chi connectivity index (χ3v) is 3.95.